The van der Waals surface area contributed by atoms with E-state index in [0.29, 0.717) is 35.8 Å². The summed E-state index contributed by atoms with van der Waals surface area (Å²) in [6, 6.07) is 0. The molecule has 0 spiro atoms. The van der Waals surface area contributed by atoms with Crippen LogP contribution < -0.4 is 16.0 Å². The zero-order chi connectivity index (χ0) is 31.1. The monoisotopic (exact) mass is 606 g/mol. The molecule has 0 aromatic heterocycles. The number of ether oxygens (including phenoxy) is 1. The van der Waals surface area contributed by atoms with Crippen molar-refractivity contribution >= 4 is 6.09 Å². The van der Waals surface area contributed by atoms with E-state index in [1.165, 1.54) is 70.8 Å². The quantitative estimate of drug-likeness (QED) is 0.132. The smallest absolute Gasteiger partial charge is 0.407 e. The number of hydrogen-bond donors (Lipinski definition) is 4. The van der Waals surface area contributed by atoms with Crippen LogP contribution in [0.1, 0.15) is 104 Å². The maximum Gasteiger partial charge on any atom is 0.407 e. The second-order valence-corrected chi connectivity index (χ2v) is 16.7. The molecule has 4 aliphatic rings. The van der Waals surface area contributed by atoms with Crippen LogP contribution in [0.15, 0.2) is 0 Å². The number of nitrogens with one attached hydrogen (secondary N) is 3. The van der Waals surface area contributed by atoms with Gasteiger partial charge >= 0.3 is 6.09 Å². The van der Waals surface area contributed by atoms with E-state index in [9.17, 15) is 9.90 Å². The van der Waals surface area contributed by atoms with Crippen molar-refractivity contribution in [1.82, 2.24) is 16.0 Å². The molecule has 250 valence electrons. The summed E-state index contributed by atoms with van der Waals surface area (Å²) in [5, 5.41) is 20.4. The molecule has 0 bridgehead atoms. The van der Waals surface area contributed by atoms with Gasteiger partial charge in [-0.2, -0.15) is 0 Å². The van der Waals surface area contributed by atoms with Gasteiger partial charge in [0.1, 0.15) is 0 Å². The second kappa shape index (κ2) is 15.6. The van der Waals surface area contributed by atoms with Gasteiger partial charge in [0.25, 0.3) is 0 Å². The summed E-state index contributed by atoms with van der Waals surface area (Å²) in [6.07, 6.45) is 15.5. The fraction of sp³-hybridized carbons (Fsp3) is 0.972. The van der Waals surface area contributed by atoms with Crippen LogP contribution in [0.3, 0.4) is 0 Å². The maximum atomic E-state index is 12.5. The standard InChI is InChI=1S/C36H68N4O3/c1-27(26-43-34(42)39-23-9-21-37-19-7-8-20-38-22-10-24-40(4,5)6)31-13-14-32-30-12-11-28-25-29(41)15-17-35(28,2)33(30)16-18-36(31,32)3/h27-33,37-38,41H,7-26H2,1-6H3/p+1/t27-,28+,29-,30+,31-,32+,33+,35+,36-/m1/s1. The van der Waals surface area contributed by atoms with E-state index in [2.05, 4.69) is 57.9 Å². The van der Waals surface area contributed by atoms with Gasteiger partial charge in [-0.25, -0.2) is 4.79 Å². The number of alkyl carbamates (subject to hydrolysis) is 1. The molecular weight excluding hydrogens is 536 g/mol. The number of quaternary nitrogens is 1. The second-order valence-electron chi connectivity index (χ2n) is 16.7. The van der Waals surface area contributed by atoms with Crippen LogP contribution in [-0.4, -0.2) is 88.8 Å². The molecule has 7 nitrogen and oxygen atoms in total. The van der Waals surface area contributed by atoms with Gasteiger partial charge in [-0.3, -0.25) is 0 Å². The number of amides is 1. The van der Waals surface area contributed by atoms with Crippen molar-refractivity contribution in [1.29, 1.82) is 0 Å². The van der Waals surface area contributed by atoms with Gasteiger partial charge in [-0.15, -0.1) is 0 Å². The molecule has 0 aromatic carbocycles. The molecule has 0 aliphatic heterocycles. The molecule has 0 aromatic rings. The topological polar surface area (TPSA) is 82.6 Å². The van der Waals surface area contributed by atoms with Crippen LogP contribution in [0.5, 0.6) is 0 Å². The first-order chi connectivity index (χ1) is 20.4. The Bertz CT molecular complexity index is 864. The zero-order valence-corrected chi connectivity index (χ0v) is 28.9. The highest BCUT2D eigenvalue weighted by atomic mass is 16.5. The van der Waals surface area contributed by atoms with Crippen LogP contribution in [0.2, 0.25) is 0 Å². The molecule has 7 heteroatoms. The number of fused-ring (bicyclic) bond motifs is 5. The van der Waals surface area contributed by atoms with Crippen molar-refractivity contribution in [3.63, 3.8) is 0 Å². The van der Waals surface area contributed by atoms with Crippen LogP contribution in [0.4, 0.5) is 4.79 Å². The highest BCUT2D eigenvalue weighted by Gasteiger charge is 2.60. The number of hydrogen-bond acceptors (Lipinski definition) is 5. The van der Waals surface area contributed by atoms with E-state index in [1.807, 2.05) is 0 Å². The number of aliphatic hydroxyl groups is 1. The van der Waals surface area contributed by atoms with Crippen LogP contribution in [0.25, 0.3) is 0 Å². The van der Waals surface area contributed by atoms with Gasteiger partial charge in [-0.1, -0.05) is 20.8 Å². The lowest BCUT2D eigenvalue weighted by atomic mass is 9.44. The minimum Gasteiger partial charge on any atom is -0.449 e. The summed E-state index contributed by atoms with van der Waals surface area (Å²) >= 11 is 0. The Balaban J connectivity index is 1.06. The predicted molar refractivity (Wildman–Crippen MR) is 177 cm³/mol. The van der Waals surface area contributed by atoms with Gasteiger partial charge in [0.05, 0.1) is 40.4 Å². The van der Waals surface area contributed by atoms with Gasteiger partial charge < -0.3 is 30.3 Å². The molecule has 0 saturated heterocycles. The first-order valence-electron chi connectivity index (χ1n) is 18.2. The van der Waals surface area contributed by atoms with Gasteiger partial charge in [0.15, 0.2) is 0 Å². The molecule has 0 unspecified atom stereocenters. The summed E-state index contributed by atoms with van der Waals surface area (Å²) in [6.45, 7) is 14.1. The predicted octanol–water partition coefficient (Wildman–Crippen LogP) is 5.81. The molecule has 1 amide bonds. The highest BCUT2D eigenvalue weighted by molar-refractivity contribution is 5.67. The van der Waals surface area contributed by atoms with E-state index >= 15 is 0 Å². The van der Waals surface area contributed by atoms with E-state index in [4.69, 9.17) is 4.74 Å². The van der Waals surface area contributed by atoms with Gasteiger partial charge in [0.2, 0.25) is 0 Å². The Morgan fingerprint density at radius 3 is 2.21 bits per heavy atom. The molecule has 4 fully saturated rings. The lowest BCUT2D eigenvalue weighted by molar-refractivity contribution is -0.870. The molecule has 9 atom stereocenters. The van der Waals surface area contributed by atoms with E-state index in [0.717, 1.165) is 73.6 Å². The van der Waals surface area contributed by atoms with E-state index in [1.54, 1.807) is 0 Å². The first-order valence-corrected chi connectivity index (χ1v) is 18.2. The minimum atomic E-state index is -0.252. The average Bonchev–Trinajstić information content (AvgIpc) is 3.31. The fourth-order valence-corrected chi connectivity index (χ4v) is 10.4. The third-order valence-electron chi connectivity index (χ3n) is 12.8. The molecule has 4 N–H and O–H groups in total. The third kappa shape index (κ3) is 9.10. The number of rotatable bonds is 16. The van der Waals surface area contributed by atoms with Gasteiger partial charge in [0, 0.05) is 19.5 Å². The van der Waals surface area contributed by atoms with Crippen molar-refractivity contribution in [3.05, 3.63) is 0 Å². The largest absolute Gasteiger partial charge is 0.449 e. The normalized spacial score (nSPS) is 36.3. The van der Waals surface area contributed by atoms with Crippen molar-refractivity contribution in [2.24, 2.45) is 46.3 Å². The Hall–Kier alpha value is -0.890. The summed E-state index contributed by atoms with van der Waals surface area (Å²) in [4.78, 5) is 12.5. The van der Waals surface area contributed by atoms with Crippen LogP contribution >= 0.6 is 0 Å². The number of aliphatic hydroxyl groups excluding tert-OH is 1. The average molecular weight is 606 g/mol. The maximum absolute atomic E-state index is 12.5. The zero-order valence-electron chi connectivity index (χ0n) is 28.9. The number of carbonyl (C=O) groups excluding carboxylic acids is 1. The van der Waals surface area contributed by atoms with Crippen molar-refractivity contribution in [2.45, 2.75) is 110 Å². The lowest BCUT2D eigenvalue weighted by Gasteiger charge is -2.61. The molecule has 4 saturated carbocycles. The molecule has 0 heterocycles. The lowest BCUT2D eigenvalue weighted by Crippen LogP contribution is -2.54. The van der Waals surface area contributed by atoms with E-state index in [-0.39, 0.29) is 12.2 Å². The Morgan fingerprint density at radius 1 is 0.837 bits per heavy atom. The number of unbranched alkanes of at least 4 members (excludes halogenated alkanes) is 1. The fourth-order valence-electron chi connectivity index (χ4n) is 10.4. The van der Waals surface area contributed by atoms with Crippen molar-refractivity contribution in [2.75, 3.05) is 67.0 Å². The van der Waals surface area contributed by atoms with Crippen LogP contribution in [0, 0.1) is 46.3 Å². The third-order valence-corrected chi connectivity index (χ3v) is 12.8. The molecular formula is C36H69N4O3+. The van der Waals surface area contributed by atoms with Crippen molar-refractivity contribution in [3.8, 4) is 0 Å². The Morgan fingerprint density at radius 2 is 1.49 bits per heavy atom. The minimum absolute atomic E-state index is 0.0651. The first kappa shape index (κ1) is 35.0. The molecule has 0 radical (unpaired) electrons. The van der Waals surface area contributed by atoms with E-state index < -0.39 is 0 Å². The molecule has 43 heavy (non-hydrogen) atoms. The Kier molecular flexibility index (Phi) is 12.7. The van der Waals surface area contributed by atoms with Crippen LogP contribution in [-0.2, 0) is 4.74 Å². The summed E-state index contributed by atoms with van der Waals surface area (Å²) in [5.41, 5.74) is 0.817. The highest BCUT2D eigenvalue weighted by Crippen LogP contribution is 2.68. The summed E-state index contributed by atoms with van der Waals surface area (Å²) < 4.78 is 6.80. The Labute approximate surface area is 264 Å². The van der Waals surface area contributed by atoms with Gasteiger partial charge in [-0.05, 0) is 143 Å². The molecule has 4 rings (SSSR count). The number of nitrogens with zero attached hydrogens (tertiary/aromatic N) is 1. The van der Waals surface area contributed by atoms with Crippen molar-refractivity contribution < 1.29 is 19.1 Å². The summed E-state index contributed by atoms with van der Waals surface area (Å²) in [5.74, 6) is 4.28. The number of carbonyl (C=O) groups is 1. The molecule has 4 aliphatic carbocycles. The summed E-state index contributed by atoms with van der Waals surface area (Å²) in [7, 11) is 6.74. The SMILES string of the molecule is C[C@H](COC(=O)NCCCNCCCCNCCC[N+](C)(C)C)[C@H]1CC[C@H]2[C@@H]3CC[C@H]4C[C@H](O)CC[C@]4(C)[C@H]3CC[C@]12C.